The van der Waals surface area contributed by atoms with Gasteiger partial charge in [-0.1, -0.05) is 12.1 Å². The summed E-state index contributed by atoms with van der Waals surface area (Å²) in [5, 5.41) is 3.52. The molecule has 1 N–H and O–H groups in total. The minimum Gasteiger partial charge on any atom is -0.349 e. The van der Waals surface area contributed by atoms with E-state index < -0.39 is 0 Å². The lowest BCUT2D eigenvalue weighted by Gasteiger charge is -2.09. The normalized spacial score (nSPS) is 14.3. The summed E-state index contributed by atoms with van der Waals surface area (Å²) in [4.78, 5) is 14.4. The van der Waals surface area contributed by atoms with E-state index in [1.165, 1.54) is 23.3 Å². The molecule has 1 saturated carbocycles. The Kier molecular flexibility index (Phi) is 5.92. The molecule has 0 heterocycles. The Balaban J connectivity index is 1.64. The van der Waals surface area contributed by atoms with E-state index in [2.05, 4.69) is 29.6 Å². The van der Waals surface area contributed by atoms with Gasteiger partial charge in [0.15, 0.2) is 0 Å². The van der Waals surface area contributed by atoms with Crippen molar-refractivity contribution in [1.82, 2.24) is 10.2 Å². The van der Waals surface area contributed by atoms with E-state index in [0.29, 0.717) is 6.42 Å². The van der Waals surface area contributed by atoms with Crippen molar-refractivity contribution in [2.45, 2.75) is 43.2 Å². The number of carbonyl (C=O) groups excluding carboxylic acids is 1. The summed E-state index contributed by atoms with van der Waals surface area (Å²) in [5.74, 6) is 1.21. The fraction of sp³-hybridized carbons (Fsp3) is 0.562. The first-order valence-electron chi connectivity index (χ1n) is 7.30. The molecule has 0 spiro atoms. The van der Waals surface area contributed by atoms with Crippen LogP contribution in [0, 0.1) is 0 Å². The van der Waals surface area contributed by atoms with E-state index in [9.17, 15) is 4.79 Å². The van der Waals surface area contributed by atoms with Gasteiger partial charge in [-0.3, -0.25) is 4.79 Å². The molecule has 0 bridgehead atoms. The maximum atomic E-state index is 11.4. The van der Waals surface area contributed by atoms with Gasteiger partial charge in [0.25, 0.3) is 0 Å². The average Bonchev–Trinajstić information content (AvgIpc) is 3.26. The molecular formula is C16H24N2OS. The largest absolute Gasteiger partial charge is 0.349 e. The quantitative estimate of drug-likeness (QED) is 0.590. The van der Waals surface area contributed by atoms with Crippen LogP contribution in [-0.2, 0) is 11.3 Å². The highest BCUT2D eigenvalue weighted by Gasteiger charge is 2.19. The van der Waals surface area contributed by atoms with Crippen LogP contribution in [0.25, 0.3) is 0 Å². The maximum absolute atomic E-state index is 11.4. The van der Waals surface area contributed by atoms with Crippen LogP contribution < -0.4 is 5.32 Å². The molecule has 1 fully saturated rings. The van der Waals surface area contributed by atoms with Crippen LogP contribution in [-0.4, -0.2) is 36.7 Å². The predicted octanol–water partition coefficient (Wildman–Crippen LogP) is 2.90. The number of nitrogens with one attached hydrogen (secondary N) is 1. The second-order valence-electron chi connectivity index (χ2n) is 5.54. The third-order valence-electron chi connectivity index (χ3n) is 3.40. The molecule has 1 aliphatic carbocycles. The second-order valence-corrected chi connectivity index (χ2v) is 6.71. The van der Waals surface area contributed by atoms with Crippen LogP contribution >= 0.6 is 11.8 Å². The molecule has 0 radical (unpaired) electrons. The van der Waals surface area contributed by atoms with E-state index in [1.54, 1.807) is 4.90 Å². The van der Waals surface area contributed by atoms with Gasteiger partial charge in [-0.25, -0.2) is 0 Å². The van der Waals surface area contributed by atoms with Crippen molar-refractivity contribution in [3.63, 3.8) is 0 Å². The fourth-order valence-corrected chi connectivity index (χ4v) is 2.74. The van der Waals surface area contributed by atoms with Gasteiger partial charge in [-0.05, 0) is 42.7 Å². The van der Waals surface area contributed by atoms with Gasteiger partial charge in [-0.2, -0.15) is 0 Å². The second kappa shape index (κ2) is 7.70. The van der Waals surface area contributed by atoms with Gasteiger partial charge in [0.05, 0.1) is 0 Å². The van der Waals surface area contributed by atoms with Crippen molar-refractivity contribution in [3.8, 4) is 0 Å². The summed E-state index contributed by atoms with van der Waals surface area (Å²) in [7, 11) is 3.62. The highest BCUT2D eigenvalue weighted by atomic mass is 32.2. The third kappa shape index (κ3) is 5.55. The molecule has 0 aromatic heterocycles. The van der Waals surface area contributed by atoms with Crippen molar-refractivity contribution >= 4 is 17.7 Å². The van der Waals surface area contributed by atoms with Gasteiger partial charge in [0.2, 0.25) is 5.91 Å². The Labute approximate surface area is 126 Å². The molecule has 4 heteroatoms. The first-order valence-corrected chi connectivity index (χ1v) is 8.29. The first kappa shape index (κ1) is 15.4. The molecule has 0 unspecified atom stereocenters. The van der Waals surface area contributed by atoms with E-state index in [0.717, 1.165) is 24.8 Å². The first-order chi connectivity index (χ1) is 9.65. The lowest BCUT2D eigenvalue weighted by Crippen LogP contribution is -2.21. The van der Waals surface area contributed by atoms with Gasteiger partial charge in [0, 0.05) is 38.0 Å². The summed E-state index contributed by atoms with van der Waals surface area (Å²) in [6.07, 6.45) is 4.25. The van der Waals surface area contributed by atoms with Gasteiger partial charge < -0.3 is 10.2 Å². The van der Waals surface area contributed by atoms with E-state index in [-0.39, 0.29) is 5.91 Å². The van der Waals surface area contributed by atoms with Crippen LogP contribution in [0.2, 0.25) is 0 Å². The Morgan fingerprint density at radius 2 is 2.00 bits per heavy atom. The maximum Gasteiger partial charge on any atom is 0.222 e. The van der Waals surface area contributed by atoms with Crippen molar-refractivity contribution in [3.05, 3.63) is 29.8 Å². The number of nitrogens with zero attached hydrogens (tertiary/aromatic N) is 1. The highest BCUT2D eigenvalue weighted by Crippen LogP contribution is 2.21. The average molecular weight is 292 g/mol. The van der Waals surface area contributed by atoms with Crippen molar-refractivity contribution < 1.29 is 4.79 Å². The van der Waals surface area contributed by atoms with Gasteiger partial charge in [-0.15, -0.1) is 11.8 Å². The molecular weight excluding hydrogens is 268 g/mol. The zero-order valence-electron chi connectivity index (χ0n) is 12.4. The summed E-state index contributed by atoms with van der Waals surface area (Å²) in [5.41, 5.74) is 1.35. The summed E-state index contributed by atoms with van der Waals surface area (Å²) < 4.78 is 0. The molecule has 0 saturated heterocycles. The Bertz CT molecular complexity index is 427. The predicted molar refractivity (Wildman–Crippen MR) is 85.0 cm³/mol. The van der Waals surface area contributed by atoms with Gasteiger partial charge >= 0.3 is 0 Å². The Morgan fingerprint density at radius 3 is 2.60 bits per heavy atom. The van der Waals surface area contributed by atoms with Crippen molar-refractivity contribution in [1.29, 1.82) is 0 Å². The number of thioether (sulfide) groups is 1. The molecule has 0 atom stereocenters. The number of benzene rings is 1. The van der Waals surface area contributed by atoms with Crippen LogP contribution in [0.3, 0.4) is 0 Å². The number of rotatable bonds is 8. The Morgan fingerprint density at radius 1 is 1.30 bits per heavy atom. The smallest absolute Gasteiger partial charge is 0.222 e. The zero-order valence-corrected chi connectivity index (χ0v) is 13.2. The minimum absolute atomic E-state index is 0.215. The number of hydrogen-bond acceptors (Lipinski definition) is 3. The molecule has 0 aliphatic heterocycles. The van der Waals surface area contributed by atoms with Crippen LogP contribution in [0.5, 0.6) is 0 Å². The standard InChI is InChI=1S/C16H24N2OS/c1-18(2)16(19)4-3-11-20-15-9-5-13(6-10-15)12-17-14-7-8-14/h5-6,9-10,14,17H,3-4,7-8,11-12H2,1-2H3. The molecule has 1 aromatic rings. The lowest BCUT2D eigenvalue weighted by molar-refractivity contribution is -0.128. The monoisotopic (exact) mass is 292 g/mol. The Hall–Kier alpha value is -1.00. The lowest BCUT2D eigenvalue weighted by atomic mass is 10.2. The van der Waals surface area contributed by atoms with E-state index in [4.69, 9.17) is 0 Å². The molecule has 110 valence electrons. The summed E-state index contributed by atoms with van der Waals surface area (Å²) >= 11 is 1.83. The van der Waals surface area contributed by atoms with Gasteiger partial charge in [0.1, 0.15) is 0 Å². The number of amides is 1. The summed E-state index contributed by atoms with van der Waals surface area (Å²) in [6, 6.07) is 9.52. The van der Waals surface area contributed by atoms with E-state index in [1.807, 2.05) is 25.9 Å². The van der Waals surface area contributed by atoms with Crippen LogP contribution in [0.1, 0.15) is 31.2 Å². The highest BCUT2D eigenvalue weighted by molar-refractivity contribution is 7.99. The van der Waals surface area contributed by atoms with E-state index >= 15 is 0 Å². The van der Waals surface area contributed by atoms with Crippen LogP contribution in [0.15, 0.2) is 29.2 Å². The molecule has 1 amide bonds. The molecule has 3 nitrogen and oxygen atoms in total. The van der Waals surface area contributed by atoms with Crippen molar-refractivity contribution in [2.75, 3.05) is 19.8 Å². The minimum atomic E-state index is 0.215. The summed E-state index contributed by atoms with van der Waals surface area (Å²) in [6.45, 7) is 0.979. The molecule has 1 aliphatic rings. The molecule has 20 heavy (non-hydrogen) atoms. The molecule has 1 aromatic carbocycles. The topological polar surface area (TPSA) is 32.3 Å². The van der Waals surface area contributed by atoms with Crippen LogP contribution in [0.4, 0.5) is 0 Å². The fourth-order valence-electron chi connectivity index (χ4n) is 1.89. The third-order valence-corrected chi connectivity index (χ3v) is 4.50. The zero-order chi connectivity index (χ0) is 14.4. The number of hydrogen-bond donors (Lipinski definition) is 1. The number of carbonyl (C=O) groups is 1. The SMILES string of the molecule is CN(C)C(=O)CCCSc1ccc(CNC2CC2)cc1. The molecule has 2 rings (SSSR count). The van der Waals surface area contributed by atoms with Crippen molar-refractivity contribution in [2.24, 2.45) is 0 Å².